The predicted octanol–water partition coefficient (Wildman–Crippen LogP) is 3.17. The third-order valence-electron chi connectivity index (χ3n) is 1.73. The zero-order valence-electron chi connectivity index (χ0n) is 7.93. The highest BCUT2D eigenvalue weighted by Gasteiger charge is 2.01. The normalized spacial score (nSPS) is 9.77. The molecule has 0 aliphatic carbocycles. The molecule has 0 amide bonds. The van der Waals surface area contributed by atoms with Crippen molar-refractivity contribution >= 4 is 17.3 Å². The number of nitrogens with one attached hydrogen (secondary N) is 1. The van der Waals surface area contributed by atoms with Gasteiger partial charge in [-0.15, -0.1) is 0 Å². The number of halogens is 1. The minimum atomic E-state index is 0.722. The fourth-order valence-corrected chi connectivity index (χ4v) is 1.25. The smallest absolute Gasteiger partial charge is 0.142 e. The molecule has 1 aromatic carbocycles. The van der Waals surface area contributed by atoms with Crippen molar-refractivity contribution in [2.24, 2.45) is 0 Å². The van der Waals surface area contributed by atoms with Gasteiger partial charge in [0.1, 0.15) is 5.75 Å². The van der Waals surface area contributed by atoms with E-state index in [9.17, 15) is 0 Å². The molecule has 13 heavy (non-hydrogen) atoms. The van der Waals surface area contributed by atoms with E-state index >= 15 is 0 Å². The van der Waals surface area contributed by atoms with Crippen LogP contribution in [0.3, 0.4) is 0 Å². The average Bonchev–Trinajstić information content (AvgIpc) is 2.15. The summed E-state index contributed by atoms with van der Waals surface area (Å²) in [6.07, 6.45) is 1.08. The summed E-state index contributed by atoms with van der Waals surface area (Å²) < 4.78 is 5.18. The summed E-state index contributed by atoms with van der Waals surface area (Å²) in [5.41, 5.74) is 0.955. The lowest BCUT2D eigenvalue weighted by Crippen LogP contribution is -2.01. The highest BCUT2D eigenvalue weighted by molar-refractivity contribution is 6.30. The molecule has 1 aromatic rings. The molecule has 0 aromatic heterocycles. The van der Waals surface area contributed by atoms with E-state index in [1.54, 1.807) is 7.11 Å². The molecule has 72 valence electrons. The molecule has 0 fully saturated rings. The Morgan fingerprint density at radius 2 is 2.23 bits per heavy atom. The summed E-state index contributed by atoms with van der Waals surface area (Å²) in [5.74, 6) is 0.831. The van der Waals surface area contributed by atoms with Crippen LogP contribution in [0.25, 0.3) is 0 Å². The van der Waals surface area contributed by atoms with Gasteiger partial charge in [-0.2, -0.15) is 0 Å². The van der Waals surface area contributed by atoms with E-state index in [0.29, 0.717) is 0 Å². The van der Waals surface area contributed by atoms with Crippen LogP contribution in [0.1, 0.15) is 13.3 Å². The van der Waals surface area contributed by atoms with Gasteiger partial charge in [-0.1, -0.05) is 18.5 Å². The van der Waals surface area contributed by atoms with Gasteiger partial charge in [0.2, 0.25) is 0 Å². The van der Waals surface area contributed by atoms with Gasteiger partial charge in [0.25, 0.3) is 0 Å². The molecule has 0 saturated carbocycles. The maximum atomic E-state index is 5.86. The standard InChI is InChI=1S/C10H14ClNO/c1-3-6-12-9-7-8(11)4-5-10(9)13-2/h4-5,7,12H,3,6H2,1-2H3. The highest BCUT2D eigenvalue weighted by atomic mass is 35.5. The number of methoxy groups -OCH3 is 1. The van der Waals surface area contributed by atoms with Crippen LogP contribution in [0.4, 0.5) is 5.69 Å². The molecule has 0 aliphatic rings. The predicted molar refractivity (Wildman–Crippen MR) is 56.8 cm³/mol. The van der Waals surface area contributed by atoms with Crippen LogP contribution in [-0.4, -0.2) is 13.7 Å². The largest absolute Gasteiger partial charge is 0.495 e. The molecule has 0 bridgehead atoms. The lowest BCUT2D eigenvalue weighted by Gasteiger charge is -2.10. The molecule has 1 N–H and O–H groups in total. The van der Waals surface area contributed by atoms with Gasteiger partial charge in [-0.05, 0) is 24.6 Å². The molecule has 0 atom stereocenters. The van der Waals surface area contributed by atoms with E-state index in [1.165, 1.54) is 0 Å². The fraction of sp³-hybridized carbons (Fsp3) is 0.400. The van der Waals surface area contributed by atoms with E-state index in [1.807, 2.05) is 18.2 Å². The fourth-order valence-electron chi connectivity index (χ4n) is 1.08. The minimum absolute atomic E-state index is 0.722. The van der Waals surface area contributed by atoms with E-state index < -0.39 is 0 Å². The van der Waals surface area contributed by atoms with Gasteiger partial charge in [-0.25, -0.2) is 0 Å². The molecule has 0 spiro atoms. The number of rotatable bonds is 4. The third kappa shape index (κ3) is 2.81. The second-order valence-corrected chi connectivity index (χ2v) is 3.21. The van der Waals surface area contributed by atoms with Crippen molar-refractivity contribution < 1.29 is 4.74 Å². The Balaban J connectivity index is 2.81. The first-order chi connectivity index (χ1) is 6.27. The molecule has 0 heterocycles. The zero-order chi connectivity index (χ0) is 9.68. The third-order valence-corrected chi connectivity index (χ3v) is 1.96. The SMILES string of the molecule is CCCNc1cc(Cl)ccc1OC. The Bertz CT molecular complexity index is 276. The molecular formula is C10H14ClNO. The molecule has 0 radical (unpaired) electrons. The van der Waals surface area contributed by atoms with Crippen molar-refractivity contribution in [2.45, 2.75) is 13.3 Å². The summed E-state index contributed by atoms with van der Waals surface area (Å²) >= 11 is 5.86. The Morgan fingerprint density at radius 1 is 1.46 bits per heavy atom. The van der Waals surface area contributed by atoms with E-state index in [4.69, 9.17) is 16.3 Å². The van der Waals surface area contributed by atoms with Crippen molar-refractivity contribution in [1.82, 2.24) is 0 Å². The second-order valence-electron chi connectivity index (χ2n) is 2.77. The van der Waals surface area contributed by atoms with Crippen LogP contribution >= 0.6 is 11.6 Å². The lowest BCUT2D eigenvalue weighted by molar-refractivity contribution is 0.416. The Labute approximate surface area is 83.9 Å². The molecule has 2 nitrogen and oxygen atoms in total. The maximum Gasteiger partial charge on any atom is 0.142 e. The molecule has 3 heteroatoms. The molecule has 1 rings (SSSR count). The molecule has 0 aliphatic heterocycles. The van der Waals surface area contributed by atoms with Crippen LogP contribution in [0, 0.1) is 0 Å². The molecule has 0 saturated heterocycles. The van der Waals surface area contributed by atoms with Crippen LogP contribution in [0.15, 0.2) is 18.2 Å². The number of ether oxygens (including phenoxy) is 1. The summed E-state index contributed by atoms with van der Waals surface area (Å²) in [6.45, 7) is 3.04. The second kappa shape index (κ2) is 4.97. The first kappa shape index (κ1) is 10.2. The minimum Gasteiger partial charge on any atom is -0.495 e. The van der Waals surface area contributed by atoms with Gasteiger partial charge in [0.15, 0.2) is 0 Å². The lowest BCUT2D eigenvalue weighted by atomic mass is 10.3. The van der Waals surface area contributed by atoms with E-state index in [0.717, 1.165) is 29.4 Å². The van der Waals surface area contributed by atoms with E-state index in [2.05, 4.69) is 12.2 Å². The maximum absolute atomic E-state index is 5.86. The molecular weight excluding hydrogens is 186 g/mol. The topological polar surface area (TPSA) is 21.3 Å². The monoisotopic (exact) mass is 199 g/mol. The van der Waals surface area contributed by atoms with Gasteiger partial charge >= 0.3 is 0 Å². The Kier molecular flexibility index (Phi) is 3.90. The van der Waals surface area contributed by atoms with E-state index in [-0.39, 0.29) is 0 Å². The first-order valence-corrected chi connectivity index (χ1v) is 4.73. The number of benzene rings is 1. The van der Waals surface area contributed by atoms with Crippen LogP contribution < -0.4 is 10.1 Å². The highest BCUT2D eigenvalue weighted by Crippen LogP contribution is 2.27. The summed E-state index contributed by atoms with van der Waals surface area (Å²) in [6, 6.07) is 5.55. The van der Waals surface area contributed by atoms with Gasteiger partial charge in [-0.3, -0.25) is 0 Å². The Hall–Kier alpha value is -0.890. The summed E-state index contributed by atoms with van der Waals surface area (Å²) in [4.78, 5) is 0. The van der Waals surface area contributed by atoms with Gasteiger partial charge in [0.05, 0.1) is 12.8 Å². The van der Waals surface area contributed by atoms with Crippen LogP contribution in [0.2, 0.25) is 5.02 Å². The quantitative estimate of drug-likeness (QED) is 0.805. The van der Waals surface area contributed by atoms with Crippen molar-refractivity contribution in [1.29, 1.82) is 0 Å². The van der Waals surface area contributed by atoms with Crippen LogP contribution in [-0.2, 0) is 0 Å². The average molecular weight is 200 g/mol. The van der Waals surface area contributed by atoms with Crippen LogP contribution in [0.5, 0.6) is 5.75 Å². The Morgan fingerprint density at radius 3 is 2.85 bits per heavy atom. The summed E-state index contributed by atoms with van der Waals surface area (Å²) in [7, 11) is 1.65. The van der Waals surface area contributed by atoms with Crippen molar-refractivity contribution in [3.8, 4) is 5.75 Å². The van der Waals surface area contributed by atoms with Crippen molar-refractivity contribution in [3.63, 3.8) is 0 Å². The van der Waals surface area contributed by atoms with Crippen molar-refractivity contribution in [2.75, 3.05) is 19.0 Å². The van der Waals surface area contributed by atoms with Gasteiger partial charge < -0.3 is 10.1 Å². The number of hydrogen-bond donors (Lipinski definition) is 1. The number of anilines is 1. The van der Waals surface area contributed by atoms with Gasteiger partial charge in [0, 0.05) is 11.6 Å². The number of hydrogen-bond acceptors (Lipinski definition) is 2. The summed E-state index contributed by atoms with van der Waals surface area (Å²) in [5, 5.41) is 3.97. The van der Waals surface area contributed by atoms with Crippen molar-refractivity contribution in [3.05, 3.63) is 23.2 Å². The zero-order valence-corrected chi connectivity index (χ0v) is 8.69. The molecule has 0 unspecified atom stereocenters. The first-order valence-electron chi connectivity index (χ1n) is 4.35.